The van der Waals surface area contributed by atoms with Crippen molar-refractivity contribution in [1.29, 1.82) is 0 Å². The van der Waals surface area contributed by atoms with E-state index in [1.54, 1.807) is 12.1 Å². The van der Waals surface area contributed by atoms with Crippen LogP contribution in [0.2, 0.25) is 0 Å². The molecule has 2 radical (unpaired) electrons. The largest absolute Gasteiger partial charge is 0.539 e. The summed E-state index contributed by atoms with van der Waals surface area (Å²) in [4.78, 5) is 49.6. The fourth-order valence-electron chi connectivity index (χ4n) is 3.90. The zero-order chi connectivity index (χ0) is 23.0. The second kappa shape index (κ2) is 8.58. The van der Waals surface area contributed by atoms with Gasteiger partial charge in [0.25, 0.3) is 5.91 Å². The molecule has 166 valence electrons. The van der Waals surface area contributed by atoms with Crippen LogP contribution in [0.15, 0.2) is 39.0 Å². The van der Waals surface area contributed by atoms with E-state index >= 15 is 0 Å². The molecule has 0 saturated carbocycles. The molecule has 14 heteroatoms. The number of carbonyl (C=O) groups excluding carboxylic acids is 4. The first-order chi connectivity index (χ1) is 15.3. The minimum absolute atomic E-state index is 0.0238. The Bertz CT molecular complexity index is 1070. The number of hydrogen-bond acceptors (Lipinski definition) is 10. The molecule has 1 saturated heterocycles. The Morgan fingerprint density at radius 3 is 2.81 bits per heavy atom. The van der Waals surface area contributed by atoms with Crippen LogP contribution in [0.5, 0.6) is 0 Å². The Morgan fingerprint density at radius 1 is 1.44 bits per heavy atom. The van der Waals surface area contributed by atoms with Crippen LogP contribution in [0.25, 0.3) is 0 Å². The summed E-state index contributed by atoms with van der Waals surface area (Å²) in [5.41, 5.74) is -0.274. The molecule has 4 atom stereocenters. The van der Waals surface area contributed by atoms with Crippen LogP contribution >= 0.6 is 11.3 Å². The number of nitrogens with one attached hydrogen (secondary N) is 1. The van der Waals surface area contributed by atoms with Gasteiger partial charge in [0.15, 0.2) is 4.87 Å². The molecule has 2 amide bonds. The molecule has 0 bridgehead atoms. The van der Waals surface area contributed by atoms with E-state index in [2.05, 4.69) is 20.2 Å². The number of nitrogens with zero attached hydrogens (tertiary/aromatic N) is 3. The Labute approximate surface area is 190 Å². The van der Waals surface area contributed by atoms with Gasteiger partial charge in [-0.05, 0) is 11.4 Å². The lowest BCUT2D eigenvalue weighted by Crippen LogP contribution is -2.76. The summed E-state index contributed by atoms with van der Waals surface area (Å²) >= 11 is 1.39. The molecule has 0 aromatic carbocycles. The molecule has 1 fully saturated rings. The number of hydrogen-bond donors (Lipinski definition) is 1. The van der Waals surface area contributed by atoms with Gasteiger partial charge < -0.3 is 14.7 Å². The van der Waals surface area contributed by atoms with Gasteiger partial charge in [-0.15, -0.1) is 11.3 Å². The van der Waals surface area contributed by atoms with Gasteiger partial charge in [0, 0.05) is 23.8 Å². The van der Waals surface area contributed by atoms with Crippen LogP contribution in [0, 0.1) is 0 Å². The highest BCUT2D eigenvalue weighted by molar-refractivity contribution is 7.87. The quantitative estimate of drug-likeness (QED) is 0.337. The predicted molar refractivity (Wildman–Crippen MR) is 111 cm³/mol. The molecular weight excluding hydrogens is 459 g/mol. The van der Waals surface area contributed by atoms with Gasteiger partial charge in [0.2, 0.25) is 5.91 Å². The number of fused-ring (bicyclic) bond motifs is 1. The zero-order valence-electron chi connectivity index (χ0n) is 16.8. The molecular formula is C18H17BN4O7S2. The average molecular weight is 476 g/mol. The van der Waals surface area contributed by atoms with E-state index in [9.17, 15) is 23.4 Å². The van der Waals surface area contributed by atoms with Crippen molar-refractivity contribution in [2.75, 3.05) is 13.2 Å². The molecule has 4 rings (SSSR count). The van der Waals surface area contributed by atoms with Crippen molar-refractivity contribution in [3.8, 4) is 0 Å². The van der Waals surface area contributed by atoms with E-state index < -0.39 is 57.4 Å². The van der Waals surface area contributed by atoms with Crippen molar-refractivity contribution in [3.05, 3.63) is 33.7 Å². The van der Waals surface area contributed by atoms with Crippen LogP contribution in [0.3, 0.4) is 0 Å². The minimum atomic E-state index is -1.92. The van der Waals surface area contributed by atoms with E-state index in [1.807, 2.05) is 5.38 Å². The lowest BCUT2D eigenvalue weighted by Gasteiger charge is -2.52. The predicted octanol–water partition coefficient (Wildman–Crippen LogP) is -0.298. The summed E-state index contributed by atoms with van der Waals surface area (Å²) in [7, 11) is 3.17. The van der Waals surface area contributed by atoms with Crippen molar-refractivity contribution in [3.63, 3.8) is 0 Å². The van der Waals surface area contributed by atoms with Crippen LogP contribution < -0.4 is 5.32 Å². The molecule has 3 aliphatic rings. The van der Waals surface area contributed by atoms with Crippen LogP contribution in [-0.2, 0) is 45.8 Å². The van der Waals surface area contributed by atoms with Crippen molar-refractivity contribution < 1.29 is 32.8 Å². The zero-order valence-corrected chi connectivity index (χ0v) is 18.4. The fraction of sp³-hybridized carbons (Fsp3) is 0.444. The van der Waals surface area contributed by atoms with Gasteiger partial charge in [0.1, 0.15) is 23.7 Å². The molecule has 4 heterocycles. The molecule has 1 aromatic rings. The van der Waals surface area contributed by atoms with Crippen molar-refractivity contribution in [1.82, 2.24) is 10.2 Å². The van der Waals surface area contributed by atoms with Gasteiger partial charge in [-0.1, -0.05) is 6.07 Å². The molecule has 32 heavy (non-hydrogen) atoms. The smallest absolute Gasteiger partial charge is 0.378 e. The second-order valence-electron chi connectivity index (χ2n) is 7.21. The number of amides is 2. The minimum Gasteiger partial charge on any atom is -0.539 e. The van der Waals surface area contributed by atoms with Gasteiger partial charge >= 0.3 is 20.0 Å². The topological polar surface area (TPSA) is 144 Å². The average Bonchev–Trinajstić information content (AvgIpc) is 3.45. The summed E-state index contributed by atoms with van der Waals surface area (Å²) in [6.45, 7) is 0.938. The molecule has 1 spiro atoms. The summed E-state index contributed by atoms with van der Waals surface area (Å²) in [6, 6.07) is 2.45. The molecule has 1 N–H and O–H groups in total. The highest BCUT2D eigenvalue weighted by Crippen LogP contribution is 2.48. The van der Waals surface area contributed by atoms with Crippen LogP contribution in [-0.4, -0.2) is 70.3 Å². The van der Waals surface area contributed by atoms with Gasteiger partial charge in [-0.2, -0.15) is 10.2 Å². The number of carbonyl (C=O) groups is 4. The normalized spacial score (nSPS) is 28.3. The molecule has 1 aromatic heterocycles. The Morgan fingerprint density at radius 2 is 2.22 bits per heavy atom. The maximum atomic E-state index is 13.6. The highest BCUT2D eigenvalue weighted by Gasteiger charge is 2.65. The fourth-order valence-corrected chi connectivity index (χ4v) is 6.67. The first-order valence-electron chi connectivity index (χ1n) is 9.52. The number of β-lactam (4-membered cyclic amide) rings is 1. The molecule has 2 unspecified atom stereocenters. The number of esters is 1. The van der Waals surface area contributed by atoms with Crippen molar-refractivity contribution >= 4 is 53.9 Å². The van der Waals surface area contributed by atoms with Crippen LogP contribution in [0.4, 0.5) is 0 Å². The molecule has 3 aliphatic heterocycles. The van der Waals surface area contributed by atoms with E-state index in [4.69, 9.17) is 12.8 Å². The lowest BCUT2D eigenvalue weighted by atomic mass is 9.96. The summed E-state index contributed by atoms with van der Waals surface area (Å²) < 4.78 is 23.0. The van der Waals surface area contributed by atoms with Gasteiger partial charge in [-0.3, -0.25) is 23.5 Å². The second-order valence-corrected chi connectivity index (χ2v) is 10.00. The summed E-state index contributed by atoms with van der Waals surface area (Å²) in [6.07, 6.45) is 0.211. The van der Waals surface area contributed by atoms with Crippen molar-refractivity contribution in [2.45, 2.75) is 36.1 Å². The monoisotopic (exact) mass is 476 g/mol. The number of azo groups is 1. The maximum Gasteiger partial charge on any atom is 0.378 e. The molecule has 11 nitrogen and oxygen atoms in total. The Hall–Kier alpha value is -2.87. The van der Waals surface area contributed by atoms with E-state index in [0.29, 0.717) is 0 Å². The standard InChI is InChI=1S/C18H17BN4O7S2/c1-9(24)29-8-11-14(17(27)30-19)23-15(26)13(21-12(25)7-10-3-2-6-31-10)16(23)32(28)18(11)4-5-20-22-18/h2-3,6,13,16H,4-5,7-8H2,1H3,(H,21,25)/t13-,16-,18?,32?/m1/s1. The van der Waals surface area contributed by atoms with Gasteiger partial charge in [-0.25, -0.2) is 4.79 Å². The maximum absolute atomic E-state index is 13.6. The number of rotatable bonds is 6. The SMILES string of the molecule is [B]OC(=O)C1=C(COC(C)=O)C2(CCN=N2)S(=O)[C@@H]2[C@H](NC(=O)Cc3cccs3)C(=O)N12. The summed E-state index contributed by atoms with van der Waals surface area (Å²) in [5.74, 6) is -2.81. The third-order valence-corrected chi connectivity index (χ3v) is 8.32. The Balaban J connectivity index is 1.70. The lowest BCUT2D eigenvalue weighted by molar-refractivity contribution is -0.150. The first-order valence-corrected chi connectivity index (χ1v) is 11.6. The first kappa shape index (κ1) is 22.3. The van der Waals surface area contributed by atoms with E-state index in [0.717, 1.165) is 9.78 Å². The number of ether oxygens (including phenoxy) is 1. The van der Waals surface area contributed by atoms with E-state index in [1.165, 1.54) is 18.3 Å². The highest BCUT2D eigenvalue weighted by atomic mass is 32.2. The van der Waals surface area contributed by atoms with Crippen molar-refractivity contribution in [2.24, 2.45) is 10.2 Å². The molecule has 0 aliphatic carbocycles. The summed E-state index contributed by atoms with van der Waals surface area (Å²) in [5, 5.41) is 11.4. The number of thiophene rings is 1. The third-order valence-electron chi connectivity index (χ3n) is 5.33. The van der Waals surface area contributed by atoms with Gasteiger partial charge in [0.05, 0.1) is 23.8 Å². The van der Waals surface area contributed by atoms with Crippen LogP contribution in [0.1, 0.15) is 18.2 Å². The Kier molecular flexibility index (Phi) is 5.99. The van der Waals surface area contributed by atoms with E-state index in [-0.39, 0.29) is 30.7 Å². The third kappa shape index (κ3) is 3.56.